The molecule has 0 aliphatic heterocycles. The minimum atomic E-state index is -0.310. The molecule has 0 spiro atoms. The van der Waals surface area contributed by atoms with Crippen molar-refractivity contribution in [3.8, 4) is 5.75 Å². The molecule has 0 radical (unpaired) electrons. The number of nitrogens with two attached hydrogens (primary N) is 1. The fourth-order valence-corrected chi connectivity index (χ4v) is 1.92. The van der Waals surface area contributed by atoms with Gasteiger partial charge in [-0.2, -0.15) is 0 Å². The smallest absolute Gasteiger partial charge is 0.258 e. The van der Waals surface area contributed by atoms with Crippen LogP contribution in [0, 0.1) is 0 Å². The number of ether oxygens (including phenoxy) is 1. The third kappa shape index (κ3) is 4.63. The Hall–Kier alpha value is -1.13. The molecule has 0 aromatic heterocycles. The normalized spacial score (nSPS) is 11.2. The number of carbonyl (C=O) groups is 1. The summed E-state index contributed by atoms with van der Waals surface area (Å²) in [5, 5.41) is 3.33. The minimum Gasteiger partial charge on any atom is -0.481 e. The molecule has 1 aromatic carbocycles. The van der Waals surface area contributed by atoms with E-state index in [9.17, 15) is 4.79 Å². The van der Waals surface area contributed by atoms with Gasteiger partial charge in [0, 0.05) is 11.2 Å². The first-order chi connectivity index (χ1) is 8.19. The topological polar surface area (TPSA) is 64.3 Å². The van der Waals surface area contributed by atoms with Crippen molar-refractivity contribution >= 4 is 34.8 Å². The van der Waals surface area contributed by atoms with E-state index in [1.54, 1.807) is 0 Å². The molecule has 1 aromatic rings. The molecule has 18 heavy (non-hydrogen) atoms. The number of rotatable bonds is 3. The molecule has 4 nitrogen and oxygen atoms in total. The molecule has 0 bridgehead atoms. The van der Waals surface area contributed by atoms with Gasteiger partial charge in [-0.25, -0.2) is 0 Å². The van der Waals surface area contributed by atoms with Gasteiger partial charge in [0.2, 0.25) is 0 Å². The lowest BCUT2D eigenvalue weighted by Crippen LogP contribution is -2.43. The third-order valence-electron chi connectivity index (χ3n) is 1.88. The molecule has 0 aliphatic carbocycles. The van der Waals surface area contributed by atoms with Crippen molar-refractivity contribution in [2.24, 2.45) is 0 Å². The molecule has 0 fully saturated rings. The standard InChI is InChI=1S/C12H16Cl2N2O2/c1-12(2,3)16-10(17)6-18-11-8(13)4-7(15)5-9(11)14/h4-5H,6,15H2,1-3H3,(H,16,17). The van der Waals surface area contributed by atoms with E-state index in [2.05, 4.69) is 5.32 Å². The summed E-state index contributed by atoms with van der Waals surface area (Å²) in [6.45, 7) is 5.50. The summed E-state index contributed by atoms with van der Waals surface area (Å²) < 4.78 is 5.30. The monoisotopic (exact) mass is 290 g/mol. The van der Waals surface area contributed by atoms with Crippen molar-refractivity contribution in [1.29, 1.82) is 0 Å². The molecular weight excluding hydrogens is 275 g/mol. The molecule has 0 aliphatic rings. The van der Waals surface area contributed by atoms with E-state index in [1.165, 1.54) is 12.1 Å². The molecule has 0 atom stereocenters. The molecule has 0 saturated carbocycles. The van der Waals surface area contributed by atoms with Crippen LogP contribution in [0.15, 0.2) is 12.1 Å². The predicted molar refractivity (Wildman–Crippen MR) is 74.3 cm³/mol. The number of hydrogen-bond acceptors (Lipinski definition) is 3. The molecule has 0 saturated heterocycles. The number of halogens is 2. The van der Waals surface area contributed by atoms with Crippen molar-refractivity contribution in [3.63, 3.8) is 0 Å². The van der Waals surface area contributed by atoms with Crippen LogP contribution in [0.1, 0.15) is 20.8 Å². The number of benzene rings is 1. The van der Waals surface area contributed by atoms with Gasteiger partial charge in [0.1, 0.15) is 0 Å². The highest BCUT2D eigenvalue weighted by atomic mass is 35.5. The lowest BCUT2D eigenvalue weighted by molar-refractivity contribution is -0.124. The second-order valence-corrected chi connectivity index (χ2v) is 5.71. The highest BCUT2D eigenvalue weighted by molar-refractivity contribution is 6.37. The SMILES string of the molecule is CC(C)(C)NC(=O)COc1c(Cl)cc(N)cc1Cl. The maximum absolute atomic E-state index is 11.6. The third-order valence-corrected chi connectivity index (χ3v) is 2.44. The van der Waals surface area contributed by atoms with Crippen LogP contribution in [0.3, 0.4) is 0 Å². The van der Waals surface area contributed by atoms with Crippen molar-refractivity contribution in [2.45, 2.75) is 26.3 Å². The van der Waals surface area contributed by atoms with Gasteiger partial charge in [-0.1, -0.05) is 23.2 Å². The van der Waals surface area contributed by atoms with E-state index in [0.29, 0.717) is 5.69 Å². The van der Waals surface area contributed by atoms with E-state index in [4.69, 9.17) is 33.7 Å². The summed E-state index contributed by atoms with van der Waals surface area (Å²) >= 11 is 11.9. The molecule has 100 valence electrons. The Morgan fingerprint density at radius 2 is 1.83 bits per heavy atom. The second-order valence-electron chi connectivity index (χ2n) is 4.90. The average Bonchev–Trinajstić information content (AvgIpc) is 2.12. The number of hydrogen-bond donors (Lipinski definition) is 2. The Balaban J connectivity index is 2.67. The second kappa shape index (κ2) is 5.67. The Bertz CT molecular complexity index is 433. The van der Waals surface area contributed by atoms with Crippen LogP contribution in [0.25, 0.3) is 0 Å². The van der Waals surface area contributed by atoms with Gasteiger partial charge in [0.15, 0.2) is 12.4 Å². The van der Waals surface area contributed by atoms with Crippen LogP contribution in [-0.2, 0) is 4.79 Å². The minimum absolute atomic E-state index is 0.152. The summed E-state index contributed by atoms with van der Waals surface area (Å²) in [7, 11) is 0. The van der Waals surface area contributed by atoms with Crippen molar-refractivity contribution < 1.29 is 9.53 Å². The fraction of sp³-hybridized carbons (Fsp3) is 0.417. The average molecular weight is 291 g/mol. The van der Waals surface area contributed by atoms with Crippen molar-refractivity contribution in [1.82, 2.24) is 5.32 Å². The molecular formula is C12H16Cl2N2O2. The lowest BCUT2D eigenvalue weighted by Gasteiger charge is -2.20. The maximum Gasteiger partial charge on any atom is 0.258 e. The van der Waals surface area contributed by atoms with Crippen LogP contribution in [0.5, 0.6) is 5.75 Å². The Morgan fingerprint density at radius 1 is 1.33 bits per heavy atom. The summed E-state index contributed by atoms with van der Waals surface area (Å²) in [5.41, 5.74) is 5.69. The van der Waals surface area contributed by atoms with Gasteiger partial charge < -0.3 is 15.8 Å². The van der Waals surface area contributed by atoms with Gasteiger partial charge in [-0.05, 0) is 32.9 Å². The number of nitrogens with one attached hydrogen (secondary N) is 1. The quantitative estimate of drug-likeness (QED) is 0.842. The van der Waals surface area contributed by atoms with E-state index in [1.807, 2.05) is 20.8 Å². The predicted octanol–water partition coefficient (Wildman–Crippen LogP) is 2.87. The highest BCUT2D eigenvalue weighted by Gasteiger charge is 2.15. The zero-order valence-corrected chi connectivity index (χ0v) is 12.0. The Morgan fingerprint density at radius 3 is 2.28 bits per heavy atom. The van der Waals surface area contributed by atoms with Crippen molar-refractivity contribution in [2.75, 3.05) is 12.3 Å². The summed E-state index contributed by atoms with van der Waals surface area (Å²) in [4.78, 5) is 11.6. The number of carbonyl (C=O) groups excluding carboxylic acids is 1. The Kier molecular flexibility index (Phi) is 4.71. The molecule has 1 amide bonds. The van der Waals surface area contributed by atoms with Crippen LogP contribution in [0.2, 0.25) is 10.0 Å². The number of amides is 1. The van der Waals surface area contributed by atoms with Crippen molar-refractivity contribution in [3.05, 3.63) is 22.2 Å². The summed E-state index contributed by atoms with van der Waals surface area (Å²) in [6, 6.07) is 3.04. The van der Waals surface area contributed by atoms with Crippen LogP contribution in [0.4, 0.5) is 5.69 Å². The zero-order chi connectivity index (χ0) is 13.9. The van der Waals surface area contributed by atoms with Crippen LogP contribution >= 0.6 is 23.2 Å². The highest BCUT2D eigenvalue weighted by Crippen LogP contribution is 2.34. The molecule has 1 rings (SSSR count). The number of nitrogen functional groups attached to an aromatic ring is 1. The van der Waals surface area contributed by atoms with Gasteiger partial charge in [-0.3, -0.25) is 4.79 Å². The van der Waals surface area contributed by atoms with E-state index in [-0.39, 0.29) is 33.8 Å². The Labute approximate surface area is 116 Å². The van der Waals surface area contributed by atoms with Gasteiger partial charge in [0.05, 0.1) is 10.0 Å². The molecule has 0 unspecified atom stereocenters. The number of anilines is 1. The van der Waals surface area contributed by atoms with Gasteiger partial charge >= 0.3 is 0 Å². The first kappa shape index (κ1) is 14.9. The first-order valence-electron chi connectivity index (χ1n) is 5.37. The van der Waals surface area contributed by atoms with Crippen LogP contribution < -0.4 is 15.8 Å². The van der Waals surface area contributed by atoms with E-state index in [0.717, 1.165) is 0 Å². The first-order valence-corrected chi connectivity index (χ1v) is 6.13. The van der Waals surface area contributed by atoms with E-state index < -0.39 is 0 Å². The zero-order valence-electron chi connectivity index (χ0n) is 10.5. The largest absolute Gasteiger partial charge is 0.481 e. The fourth-order valence-electron chi connectivity index (χ4n) is 1.31. The summed E-state index contributed by atoms with van der Waals surface area (Å²) in [5.74, 6) is 0.0167. The lowest BCUT2D eigenvalue weighted by atomic mass is 10.1. The maximum atomic E-state index is 11.6. The molecule has 0 heterocycles. The van der Waals surface area contributed by atoms with E-state index >= 15 is 0 Å². The van der Waals surface area contributed by atoms with Crippen LogP contribution in [-0.4, -0.2) is 18.1 Å². The summed E-state index contributed by atoms with van der Waals surface area (Å²) in [6.07, 6.45) is 0. The molecule has 6 heteroatoms. The van der Waals surface area contributed by atoms with Gasteiger partial charge in [0.25, 0.3) is 5.91 Å². The molecule has 3 N–H and O–H groups in total. The van der Waals surface area contributed by atoms with Gasteiger partial charge in [-0.15, -0.1) is 0 Å².